The van der Waals surface area contributed by atoms with Crippen LogP contribution in [0.5, 0.6) is 5.75 Å². The fourth-order valence-corrected chi connectivity index (χ4v) is 3.75. The predicted molar refractivity (Wildman–Crippen MR) is 70.8 cm³/mol. The number of nitrogens with zero attached hydrogens (tertiary/aromatic N) is 2. The summed E-state index contributed by atoms with van der Waals surface area (Å²) in [6.45, 7) is 5.81. The largest absolute Gasteiger partial charge is 0.491 e. The van der Waals surface area contributed by atoms with E-state index in [2.05, 4.69) is 34.1 Å². The molecule has 96 valence electrons. The number of para-hydroxylation sites is 1. The fourth-order valence-electron chi connectivity index (χ4n) is 3.75. The van der Waals surface area contributed by atoms with Gasteiger partial charge in [0, 0.05) is 31.2 Å². The van der Waals surface area contributed by atoms with Crippen molar-refractivity contribution in [2.45, 2.75) is 24.9 Å². The minimum absolute atomic E-state index is 0.490. The zero-order valence-electron chi connectivity index (χ0n) is 10.7. The Hall–Kier alpha value is -1.06. The minimum Gasteiger partial charge on any atom is -0.491 e. The first-order valence-electron chi connectivity index (χ1n) is 7.11. The average Bonchev–Trinajstić information content (AvgIpc) is 3.04. The highest BCUT2D eigenvalue weighted by atomic mass is 16.5. The van der Waals surface area contributed by atoms with Crippen LogP contribution >= 0.6 is 0 Å². The van der Waals surface area contributed by atoms with Crippen LogP contribution in [-0.2, 0) is 0 Å². The highest BCUT2D eigenvalue weighted by molar-refractivity contribution is 5.39. The zero-order chi connectivity index (χ0) is 11.9. The van der Waals surface area contributed by atoms with Crippen LogP contribution in [0.15, 0.2) is 24.3 Å². The van der Waals surface area contributed by atoms with Gasteiger partial charge in [-0.1, -0.05) is 18.2 Å². The third kappa shape index (κ3) is 1.65. The Balaban J connectivity index is 1.55. The molecule has 1 aromatic rings. The predicted octanol–water partition coefficient (Wildman–Crippen LogP) is 1.90. The van der Waals surface area contributed by atoms with Crippen molar-refractivity contribution in [1.82, 2.24) is 9.80 Å². The maximum atomic E-state index is 5.82. The summed E-state index contributed by atoms with van der Waals surface area (Å²) in [5, 5.41) is 0. The standard InChI is InChI=1S/C15H20N2O/c1-2-6-15-13(5-1)14(11-18-15)17-9-8-16-7-3-4-12(16)10-17/h1-2,5-6,12,14H,3-4,7-11H2. The lowest BCUT2D eigenvalue weighted by molar-refractivity contribution is 0.0626. The number of fused-ring (bicyclic) bond motifs is 2. The zero-order valence-corrected chi connectivity index (χ0v) is 10.7. The first kappa shape index (κ1) is 10.8. The van der Waals surface area contributed by atoms with E-state index in [0.717, 1.165) is 18.4 Å². The van der Waals surface area contributed by atoms with E-state index in [4.69, 9.17) is 4.74 Å². The number of ether oxygens (including phenoxy) is 1. The van der Waals surface area contributed by atoms with Crippen molar-refractivity contribution < 1.29 is 4.74 Å². The number of piperazine rings is 1. The van der Waals surface area contributed by atoms with E-state index in [-0.39, 0.29) is 0 Å². The number of hydrogen-bond acceptors (Lipinski definition) is 3. The number of hydrogen-bond donors (Lipinski definition) is 0. The molecule has 1 aromatic carbocycles. The van der Waals surface area contributed by atoms with E-state index in [1.165, 1.54) is 44.6 Å². The molecule has 0 saturated carbocycles. The molecular weight excluding hydrogens is 224 g/mol. The molecule has 3 aliphatic heterocycles. The maximum absolute atomic E-state index is 5.82. The van der Waals surface area contributed by atoms with Gasteiger partial charge < -0.3 is 4.74 Å². The molecule has 18 heavy (non-hydrogen) atoms. The molecule has 2 unspecified atom stereocenters. The molecule has 4 rings (SSSR count). The summed E-state index contributed by atoms with van der Waals surface area (Å²) < 4.78 is 5.82. The highest BCUT2D eigenvalue weighted by Crippen LogP contribution is 2.37. The molecule has 2 atom stereocenters. The van der Waals surface area contributed by atoms with E-state index >= 15 is 0 Å². The molecule has 0 radical (unpaired) electrons. The highest BCUT2D eigenvalue weighted by Gasteiger charge is 2.36. The summed E-state index contributed by atoms with van der Waals surface area (Å²) in [5.41, 5.74) is 1.39. The lowest BCUT2D eigenvalue weighted by Crippen LogP contribution is -2.51. The van der Waals surface area contributed by atoms with Gasteiger partial charge in [0.05, 0.1) is 6.04 Å². The van der Waals surface area contributed by atoms with Gasteiger partial charge in [-0.05, 0) is 25.5 Å². The van der Waals surface area contributed by atoms with Crippen molar-refractivity contribution in [3.8, 4) is 5.75 Å². The Kier molecular flexibility index (Phi) is 2.55. The molecule has 0 amide bonds. The van der Waals surface area contributed by atoms with Crippen molar-refractivity contribution in [3.63, 3.8) is 0 Å². The van der Waals surface area contributed by atoms with Crippen LogP contribution in [-0.4, -0.2) is 48.6 Å². The van der Waals surface area contributed by atoms with Crippen molar-refractivity contribution in [2.24, 2.45) is 0 Å². The Labute approximate surface area is 108 Å². The van der Waals surface area contributed by atoms with Crippen LogP contribution in [0.2, 0.25) is 0 Å². The monoisotopic (exact) mass is 244 g/mol. The molecule has 0 aliphatic carbocycles. The molecule has 0 aromatic heterocycles. The van der Waals surface area contributed by atoms with Crippen LogP contribution < -0.4 is 4.74 Å². The smallest absolute Gasteiger partial charge is 0.124 e. The molecule has 2 fully saturated rings. The van der Waals surface area contributed by atoms with Gasteiger partial charge in [-0.3, -0.25) is 9.80 Å². The summed E-state index contributed by atoms with van der Waals surface area (Å²) in [6, 6.07) is 9.81. The second-order valence-electron chi connectivity index (χ2n) is 5.69. The van der Waals surface area contributed by atoms with Crippen LogP contribution in [0.1, 0.15) is 24.4 Å². The Morgan fingerprint density at radius 1 is 1.06 bits per heavy atom. The molecule has 0 bridgehead atoms. The molecule has 3 heteroatoms. The molecular formula is C15H20N2O. The van der Waals surface area contributed by atoms with Gasteiger partial charge in [-0.2, -0.15) is 0 Å². The van der Waals surface area contributed by atoms with Gasteiger partial charge in [-0.15, -0.1) is 0 Å². The number of benzene rings is 1. The van der Waals surface area contributed by atoms with Crippen molar-refractivity contribution in [3.05, 3.63) is 29.8 Å². The lowest BCUT2D eigenvalue weighted by Gasteiger charge is -2.40. The van der Waals surface area contributed by atoms with E-state index in [1.807, 2.05) is 0 Å². The summed E-state index contributed by atoms with van der Waals surface area (Å²) in [6.07, 6.45) is 2.77. The van der Waals surface area contributed by atoms with Gasteiger partial charge in [0.15, 0.2) is 0 Å². The Morgan fingerprint density at radius 3 is 2.94 bits per heavy atom. The van der Waals surface area contributed by atoms with Gasteiger partial charge in [-0.25, -0.2) is 0 Å². The van der Waals surface area contributed by atoms with E-state index in [1.54, 1.807) is 0 Å². The van der Waals surface area contributed by atoms with Crippen LogP contribution in [0.3, 0.4) is 0 Å². The van der Waals surface area contributed by atoms with Crippen LogP contribution in [0.4, 0.5) is 0 Å². The molecule has 2 saturated heterocycles. The third-order valence-corrected chi connectivity index (χ3v) is 4.73. The SMILES string of the molecule is c1ccc2c(c1)OCC2N1CCN2CCCC2C1. The van der Waals surface area contributed by atoms with Gasteiger partial charge in [0.1, 0.15) is 12.4 Å². The Morgan fingerprint density at radius 2 is 1.94 bits per heavy atom. The summed E-state index contributed by atoms with van der Waals surface area (Å²) in [5.74, 6) is 1.09. The van der Waals surface area contributed by atoms with Crippen molar-refractivity contribution in [2.75, 3.05) is 32.8 Å². The van der Waals surface area contributed by atoms with Gasteiger partial charge in [0.2, 0.25) is 0 Å². The van der Waals surface area contributed by atoms with E-state index in [0.29, 0.717) is 6.04 Å². The van der Waals surface area contributed by atoms with Crippen LogP contribution in [0.25, 0.3) is 0 Å². The third-order valence-electron chi connectivity index (χ3n) is 4.73. The summed E-state index contributed by atoms with van der Waals surface area (Å²) in [4.78, 5) is 5.30. The summed E-state index contributed by atoms with van der Waals surface area (Å²) in [7, 11) is 0. The Bertz CT molecular complexity index is 448. The van der Waals surface area contributed by atoms with Gasteiger partial charge >= 0.3 is 0 Å². The average molecular weight is 244 g/mol. The molecule has 0 N–H and O–H groups in total. The fraction of sp³-hybridized carbons (Fsp3) is 0.600. The quantitative estimate of drug-likeness (QED) is 0.750. The molecule has 3 aliphatic rings. The second-order valence-corrected chi connectivity index (χ2v) is 5.69. The maximum Gasteiger partial charge on any atom is 0.124 e. The van der Waals surface area contributed by atoms with Crippen molar-refractivity contribution in [1.29, 1.82) is 0 Å². The summed E-state index contributed by atoms with van der Waals surface area (Å²) >= 11 is 0. The number of rotatable bonds is 1. The molecule has 3 heterocycles. The topological polar surface area (TPSA) is 15.7 Å². The molecule has 0 spiro atoms. The lowest BCUT2D eigenvalue weighted by atomic mass is 10.0. The minimum atomic E-state index is 0.490. The van der Waals surface area contributed by atoms with Crippen LogP contribution in [0, 0.1) is 0 Å². The first-order valence-corrected chi connectivity index (χ1v) is 7.11. The first-order chi connectivity index (χ1) is 8.92. The molecule has 3 nitrogen and oxygen atoms in total. The van der Waals surface area contributed by atoms with Gasteiger partial charge in [0.25, 0.3) is 0 Å². The van der Waals surface area contributed by atoms with Crippen molar-refractivity contribution >= 4 is 0 Å². The normalized spacial score (nSPS) is 32.0. The van der Waals surface area contributed by atoms with E-state index < -0.39 is 0 Å². The van der Waals surface area contributed by atoms with E-state index in [9.17, 15) is 0 Å². The second kappa shape index (κ2) is 4.25.